The molecule has 0 aliphatic carbocycles. The molecule has 0 bridgehead atoms. The molecule has 3 heterocycles. The molecule has 0 amide bonds. The molecule has 2 N–H and O–H groups in total. The Bertz CT molecular complexity index is 1030. The number of pyridine rings is 1. The fraction of sp³-hybridized carbons (Fsp3) is 0.100. The van der Waals surface area contributed by atoms with E-state index in [0.717, 1.165) is 16.3 Å². The van der Waals surface area contributed by atoms with Crippen LogP contribution in [0.5, 0.6) is 0 Å². The van der Waals surface area contributed by atoms with E-state index < -0.39 is 6.09 Å². The molecule has 0 fully saturated rings. The van der Waals surface area contributed by atoms with Crippen LogP contribution in [-0.4, -0.2) is 28.8 Å². The van der Waals surface area contributed by atoms with Crippen LogP contribution in [0.4, 0.5) is 4.79 Å². The third-order valence-electron chi connectivity index (χ3n) is 4.23. The Morgan fingerprint density at radius 1 is 1.30 bits per heavy atom. The van der Waals surface area contributed by atoms with E-state index in [0.29, 0.717) is 17.1 Å². The van der Waals surface area contributed by atoms with Gasteiger partial charge in [0.15, 0.2) is 22.2 Å². The Morgan fingerprint density at radius 3 is 2.96 bits per heavy atom. The molecule has 2 aromatic heterocycles. The third kappa shape index (κ3) is 3.18. The fourth-order valence-corrected chi connectivity index (χ4v) is 3.86. The van der Waals surface area contributed by atoms with Gasteiger partial charge in [-0.25, -0.2) is 4.79 Å². The zero-order chi connectivity index (χ0) is 18.8. The number of hydrogen-bond donors (Lipinski definition) is 1. The Morgan fingerprint density at radius 2 is 2.19 bits per heavy atom. The Balaban J connectivity index is 1.64. The maximum atomic E-state index is 13.1. The molecule has 136 valence electrons. The van der Waals surface area contributed by atoms with E-state index in [-0.39, 0.29) is 12.4 Å². The average Bonchev–Trinajstić information content (AvgIpc) is 3.34. The summed E-state index contributed by atoms with van der Waals surface area (Å²) in [7, 11) is 0. The van der Waals surface area contributed by atoms with Gasteiger partial charge in [0, 0.05) is 5.56 Å². The molecule has 0 atom stereocenters. The minimum atomic E-state index is -0.492. The summed E-state index contributed by atoms with van der Waals surface area (Å²) >= 11 is 1.49. The first kappa shape index (κ1) is 17.3. The van der Waals surface area contributed by atoms with Crippen LogP contribution in [0, 0.1) is 11.4 Å². The molecule has 27 heavy (non-hydrogen) atoms. The lowest BCUT2D eigenvalue weighted by molar-refractivity contribution is -0.580. The number of Topliss-reactive ketones (excluding diaryl/α,β-unsaturated/α-hetero) is 1. The second kappa shape index (κ2) is 7.22. The summed E-state index contributed by atoms with van der Waals surface area (Å²) < 4.78 is 6.49. The number of aromatic nitrogens is 2. The highest BCUT2D eigenvalue weighted by atomic mass is 32.1. The highest BCUT2D eigenvalue weighted by Gasteiger charge is 2.34. The molecule has 0 unspecified atom stereocenters. The zero-order valence-electron chi connectivity index (χ0n) is 14.6. The van der Waals surface area contributed by atoms with E-state index in [4.69, 9.17) is 4.74 Å². The first-order chi connectivity index (χ1) is 13.2. The van der Waals surface area contributed by atoms with Crippen LogP contribution >= 0.6 is 0 Å². The van der Waals surface area contributed by atoms with Crippen molar-refractivity contribution in [2.24, 2.45) is 0 Å². The summed E-state index contributed by atoms with van der Waals surface area (Å²) in [5, 5.41) is 5.40. The smallest absolute Gasteiger partial charge is 0.441 e. The largest absolute Gasteiger partial charge is 0.544 e. The van der Waals surface area contributed by atoms with Crippen molar-refractivity contribution < 1.29 is 24.2 Å². The number of ether oxygens (including phenoxy) is 1. The standard InChI is InChI=1S/C20H17N3O3S/c1-2-26-20(25)23-11-15(14-7-3-4-8-17(14)23)18(24)16-12-27-19(22-16)13-6-5-9-21-10-13/h3-12H,2,22H2,1H3. The van der Waals surface area contributed by atoms with Crippen molar-refractivity contribution in [3.05, 3.63) is 77.5 Å². The number of para-hydroxylation sites is 1. The molecular weight excluding hydrogens is 362 g/mol. The van der Waals surface area contributed by atoms with Crippen molar-refractivity contribution in [1.82, 2.24) is 4.98 Å². The van der Waals surface area contributed by atoms with E-state index in [1.807, 2.05) is 41.0 Å². The highest BCUT2D eigenvalue weighted by Crippen LogP contribution is 2.20. The molecule has 0 radical (unpaired) electrons. The van der Waals surface area contributed by atoms with E-state index >= 15 is 0 Å². The number of nitrogens with zero attached hydrogens (tertiary/aromatic N) is 2. The molecule has 3 aromatic rings. The van der Waals surface area contributed by atoms with Crippen LogP contribution in [0.2, 0.25) is 0 Å². The molecule has 6 nitrogen and oxygen atoms in total. The fourth-order valence-electron chi connectivity index (χ4n) is 2.98. The van der Waals surface area contributed by atoms with Crippen LogP contribution in [0.25, 0.3) is 10.9 Å². The lowest BCUT2D eigenvalue weighted by Crippen LogP contribution is -2.86. The van der Waals surface area contributed by atoms with Crippen molar-refractivity contribution in [3.8, 4) is 0 Å². The first-order valence-corrected chi connectivity index (χ1v) is 9.38. The number of hydrogen-bond acceptors (Lipinski definition) is 4. The van der Waals surface area contributed by atoms with E-state index in [1.165, 1.54) is 15.9 Å². The topological polar surface area (TPSA) is 76.8 Å². The van der Waals surface area contributed by atoms with Crippen molar-refractivity contribution in [2.45, 2.75) is 6.92 Å². The van der Waals surface area contributed by atoms with Crippen LogP contribution in [-0.2, 0) is 16.1 Å². The number of ketones is 1. The van der Waals surface area contributed by atoms with Gasteiger partial charge in [-0.2, -0.15) is 4.57 Å². The zero-order valence-corrected chi connectivity index (χ0v) is 15.4. The normalized spacial score (nSPS) is 13.4. The predicted molar refractivity (Wildman–Crippen MR) is 102 cm³/mol. The molecule has 1 aromatic carbocycles. The molecule has 1 aliphatic rings. The number of benzene rings is 1. The van der Waals surface area contributed by atoms with Gasteiger partial charge in [0.25, 0.3) is 5.37 Å². The lowest BCUT2D eigenvalue weighted by Gasteiger charge is -2.12. The Hall–Kier alpha value is -3.16. The van der Waals surface area contributed by atoms with Crippen LogP contribution < -0.4 is 9.88 Å². The molecule has 4 rings (SSSR count). The van der Waals surface area contributed by atoms with Crippen molar-refractivity contribution in [1.29, 1.82) is 0 Å². The van der Waals surface area contributed by atoms with Crippen LogP contribution in [0.1, 0.15) is 22.8 Å². The van der Waals surface area contributed by atoms with Gasteiger partial charge < -0.3 is 19.8 Å². The van der Waals surface area contributed by atoms with Crippen LogP contribution in [0.15, 0.2) is 55.0 Å². The Kier molecular flexibility index (Phi) is 4.62. The number of fused-ring (bicyclic) bond motifs is 1. The average molecular weight is 379 g/mol. The summed E-state index contributed by atoms with van der Waals surface area (Å²) in [6, 6.07) is 11.7. The summed E-state index contributed by atoms with van der Waals surface area (Å²) in [6.07, 6.45) is 4.56. The van der Waals surface area contributed by atoms with Crippen molar-refractivity contribution in [3.63, 3.8) is 0 Å². The number of quaternary nitrogens is 1. The number of carbonyl (C=O) groups is 2. The van der Waals surface area contributed by atoms with Crippen molar-refractivity contribution >= 4 is 39.5 Å². The predicted octanol–water partition coefficient (Wildman–Crippen LogP) is 0.960. The molecule has 7 heteroatoms. The number of rotatable bonds is 4. The van der Waals surface area contributed by atoms with E-state index in [9.17, 15) is 9.59 Å². The van der Waals surface area contributed by atoms with Gasteiger partial charge in [0.05, 0.1) is 12.6 Å². The molecule has 0 saturated heterocycles. The van der Waals surface area contributed by atoms with Gasteiger partial charge in [0.1, 0.15) is 12.0 Å². The van der Waals surface area contributed by atoms with Gasteiger partial charge in [-0.15, -0.1) is 24.3 Å². The minimum absolute atomic E-state index is 0.124. The van der Waals surface area contributed by atoms with E-state index in [2.05, 4.69) is 4.98 Å². The van der Waals surface area contributed by atoms with Gasteiger partial charge in [0.2, 0.25) is 0 Å². The van der Waals surface area contributed by atoms with Gasteiger partial charge in [-0.1, -0.05) is 12.3 Å². The van der Waals surface area contributed by atoms with Crippen molar-refractivity contribution in [2.75, 3.05) is 6.61 Å². The van der Waals surface area contributed by atoms with Crippen LogP contribution in [0.3, 0.4) is 0 Å². The second-order valence-corrected chi connectivity index (χ2v) is 6.81. The third-order valence-corrected chi connectivity index (χ3v) is 5.21. The summed E-state index contributed by atoms with van der Waals surface area (Å²) in [5.41, 5.74) is 2.10. The SMILES string of the molecule is CCOC(=O)[n+]1cc(C(=O)[C-]2C=[S+][C-](c3cccnc3)[NH2+]2)c2cccc[c-]21. The minimum Gasteiger partial charge on any atom is -0.441 e. The summed E-state index contributed by atoms with van der Waals surface area (Å²) in [5.74, 6) is -0.124. The quantitative estimate of drug-likeness (QED) is 0.241. The maximum absolute atomic E-state index is 13.1. The van der Waals surface area contributed by atoms with Gasteiger partial charge in [-0.05, 0) is 30.1 Å². The summed E-state index contributed by atoms with van der Waals surface area (Å²) in [4.78, 5) is 29.5. The first-order valence-electron chi connectivity index (χ1n) is 8.50. The molecule has 0 spiro atoms. The Labute approximate surface area is 160 Å². The monoisotopic (exact) mass is 379 g/mol. The van der Waals surface area contributed by atoms with Gasteiger partial charge >= 0.3 is 6.09 Å². The highest BCUT2D eigenvalue weighted by molar-refractivity contribution is 7.81. The number of carbonyl (C=O) groups excluding carboxylic acids is 2. The molecule has 1 aliphatic heterocycles. The lowest BCUT2D eigenvalue weighted by atomic mass is 10.0. The second-order valence-electron chi connectivity index (χ2n) is 5.90. The molecular formula is C20H17N3O3S. The molecule has 0 saturated carbocycles. The summed E-state index contributed by atoms with van der Waals surface area (Å²) in [6.45, 7) is 2.02. The number of nitrogens with two attached hydrogens (primary N) is 1. The van der Waals surface area contributed by atoms with Gasteiger partial charge in [-0.3, -0.25) is 0 Å². The maximum Gasteiger partial charge on any atom is 0.544 e. The van der Waals surface area contributed by atoms with E-state index in [1.54, 1.807) is 31.6 Å².